The fraction of sp³-hybridized carbons (Fsp3) is 0.500. The van der Waals surface area contributed by atoms with Crippen LogP contribution in [0.2, 0.25) is 0 Å². The Morgan fingerprint density at radius 2 is 0.850 bits per heavy atom. The molecule has 218 valence electrons. The van der Waals surface area contributed by atoms with Crippen LogP contribution in [-0.2, 0) is 19.6 Å². The van der Waals surface area contributed by atoms with Crippen molar-refractivity contribution in [2.75, 3.05) is 12.3 Å². The van der Waals surface area contributed by atoms with Crippen molar-refractivity contribution in [2.24, 2.45) is 0 Å². The van der Waals surface area contributed by atoms with Gasteiger partial charge < -0.3 is 0 Å². The average Bonchev–Trinajstić information content (AvgIpc) is 3.01. The van der Waals surface area contributed by atoms with Gasteiger partial charge in [0.1, 0.15) is 5.79 Å². The minimum absolute atomic E-state index is 0.341. The molecule has 0 aromatic heterocycles. The molecule has 0 heterocycles. The minimum atomic E-state index is -0.341. The van der Waals surface area contributed by atoms with Gasteiger partial charge in [-0.05, 0) is 41.9 Å². The molecule has 0 radical (unpaired) electrons. The Morgan fingerprint density at radius 1 is 0.475 bits per heavy atom. The number of nitrogens with one attached hydrogen (secondary N) is 3. The highest BCUT2D eigenvalue weighted by molar-refractivity contribution is 7.37. The molecule has 1 atom stereocenters. The monoisotopic (exact) mass is 559 g/mol. The molecule has 3 nitrogen and oxygen atoms in total. The van der Waals surface area contributed by atoms with Gasteiger partial charge in [0.15, 0.2) is 0 Å². The van der Waals surface area contributed by atoms with Crippen molar-refractivity contribution < 1.29 is 0 Å². The first-order chi connectivity index (χ1) is 19.8. The van der Waals surface area contributed by atoms with Crippen molar-refractivity contribution in [3.05, 3.63) is 108 Å². The Kier molecular flexibility index (Phi) is 16.9. The second kappa shape index (κ2) is 20.8. The van der Waals surface area contributed by atoms with Gasteiger partial charge in [-0.2, -0.15) is 0 Å². The summed E-state index contributed by atoms with van der Waals surface area (Å²) in [7, 11) is 1.01. The first kappa shape index (κ1) is 32.5. The van der Waals surface area contributed by atoms with Crippen LogP contribution in [0.3, 0.4) is 0 Å². The van der Waals surface area contributed by atoms with Gasteiger partial charge in [-0.15, -0.1) is 8.58 Å². The lowest BCUT2D eigenvalue weighted by Crippen LogP contribution is -2.65. The largest absolute Gasteiger partial charge is 0.283 e. The molecule has 4 heteroatoms. The molecule has 3 N–H and O–H groups in total. The maximum Gasteiger partial charge on any atom is 0.124 e. The summed E-state index contributed by atoms with van der Waals surface area (Å²) in [4.78, 5) is 0. The molecule has 0 saturated heterocycles. The van der Waals surface area contributed by atoms with Gasteiger partial charge in [0, 0.05) is 19.6 Å². The number of unbranched alkanes of at least 4 members (excludes halogenated alkanes) is 9. The standard InChI is InChI=1S/C36H54N3P/c1-2-3-4-5-6-7-8-9-10-20-28-40-29-27-36(37-30-33-21-14-11-15-22-33,38-31-34-23-16-12-17-24-34)39-32-35-25-18-13-19-26-35/h11-19,21-26,37-40H,2-10,20,27-32H2,1H3. The molecule has 1 unspecified atom stereocenters. The number of hydrogen-bond donors (Lipinski definition) is 3. The van der Waals surface area contributed by atoms with E-state index in [4.69, 9.17) is 0 Å². The van der Waals surface area contributed by atoms with Crippen molar-refractivity contribution in [1.29, 1.82) is 0 Å². The first-order valence-electron chi connectivity index (χ1n) is 15.9. The van der Waals surface area contributed by atoms with Gasteiger partial charge in [-0.3, -0.25) is 16.0 Å². The summed E-state index contributed by atoms with van der Waals surface area (Å²) in [5.74, 6) is -0.341. The van der Waals surface area contributed by atoms with Crippen molar-refractivity contribution in [1.82, 2.24) is 16.0 Å². The molecule has 0 bridgehead atoms. The van der Waals surface area contributed by atoms with E-state index in [2.05, 4.69) is 114 Å². The lowest BCUT2D eigenvalue weighted by atomic mass is 10.1. The Hall–Kier alpha value is -2.03. The summed E-state index contributed by atoms with van der Waals surface area (Å²) < 4.78 is 0. The summed E-state index contributed by atoms with van der Waals surface area (Å²) >= 11 is 0. The fourth-order valence-electron chi connectivity index (χ4n) is 5.14. The highest BCUT2D eigenvalue weighted by Gasteiger charge is 2.28. The van der Waals surface area contributed by atoms with Crippen molar-refractivity contribution in [3.8, 4) is 0 Å². The summed E-state index contributed by atoms with van der Waals surface area (Å²) in [6.45, 7) is 4.77. The van der Waals surface area contributed by atoms with Gasteiger partial charge in [0.05, 0.1) is 0 Å². The Labute approximate surface area is 247 Å². The van der Waals surface area contributed by atoms with E-state index in [0.29, 0.717) is 0 Å². The van der Waals surface area contributed by atoms with Crippen LogP contribution in [0, 0.1) is 0 Å². The Morgan fingerprint density at radius 3 is 1.25 bits per heavy atom. The average molecular weight is 560 g/mol. The molecule has 3 aromatic rings. The predicted molar refractivity (Wildman–Crippen MR) is 177 cm³/mol. The van der Waals surface area contributed by atoms with Crippen molar-refractivity contribution in [2.45, 2.75) is 103 Å². The van der Waals surface area contributed by atoms with Crippen LogP contribution in [-0.4, -0.2) is 18.1 Å². The van der Waals surface area contributed by atoms with Crippen molar-refractivity contribution in [3.63, 3.8) is 0 Å². The van der Waals surface area contributed by atoms with Gasteiger partial charge in [0.2, 0.25) is 0 Å². The zero-order chi connectivity index (χ0) is 28.0. The molecular weight excluding hydrogens is 505 g/mol. The van der Waals surface area contributed by atoms with E-state index < -0.39 is 0 Å². The Balaban J connectivity index is 1.51. The van der Waals surface area contributed by atoms with Gasteiger partial charge >= 0.3 is 0 Å². The molecule has 0 aliphatic rings. The van der Waals surface area contributed by atoms with E-state index >= 15 is 0 Å². The van der Waals surface area contributed by atoms with Crippen LogP contribution < -0.4 is 16.0 Å². The summed E-state index contributed by atoms with van der Waals surface area (Å²) in [5, 5.41) is 11.7. The smallest absolute Gasteiger partial charge is 0.124 e. The van der Waals surface area contributed by atoms with Crippen molar-refractivity contribution >= 4 is 8.58 Å². The van der Waals surface area contributed by atoms with E-state index in [1.165, 1.54) is 93.2 Å². The van der Waals surface area contributed by atoms with Crippen LogP contribution >= 0.6 is 8.58 Å². The molecule has 40 heavy (non-hydrogen) atoms. The second-order valence-electron chi connectivity index (χ2n) is 11.1. The van der Waals surface area contributed by atoms with Crippen LogP contribution in [0.25, 0.3) is 0 Å². The quantitative estimate of drug-likeness (QED) is 0.0616. The van der Waals surface area contributed by atoms with Gasteiger partial charge in [-0.25, -0.2) is 0 Å². The first-order valence-corrected chi connectivity index (χ1v) is 17.3. The Bertz CT molecular complexity index is 875. The third-order valence-corrected chi connectivity index (χ3v) is 9.01. The zero-order valence-corrected chi connectivity index (χ0v) is 26.0. The highest BCUT2D eigenvalue weighted by Crippen LogP contribution is 2.21. The van der Waals surface area contributed by atoms with Crippen LogP contribution in [0.5, 0.6) is 0 Å². The van der Waals surface area contributed by atoms with Crippen LogP contribution in [0.1, 0.15) is 94.2 Å². The molecular formula is C36H54N3P. The summed E-state index contributed by atoms with van der Waals surface area (Å²) in [5.41, 5.74) is 3.92. The predicted octanol–water partition coefficient (Wildman–Crippen LogP) is 9.00. The fourth-order valence-corrected chi connectivity index (χ4v) is 6.44. The van der Waals surface area contributed by atoms with E-state index in [9.17, 15) is 0 Å². The van der Waals surface area contributed by atoms with Crippen LogP contribution in [0.4, 0.5) is 0 Å². The number of hydrogen-bond acceptors (Lipinski definition) is 3. The zero-order valence-electron chi connectivity index (χ0n) is 25.0. The molecule has 0 fully saturated rings. The second-order valence-corrected chi connectivity index (χ2v) is 12.6. The highest BCUT2D eigenvalue weighted by atomic mass is 31.1. The summed E-state index contributed by atoms with van der Waals surface area (Å²) in [6, 6.07) is 32.3. The van der Waals surface area contributed by atoms with E-state index in [1.807, 2.05) is 0 Å². The molecule has 0 amide bonds. The number of rotatable bonds is 23. The van der Waals surface area contributed by atoms with Gasteiger partial charge in [0.25, 0.3) is 0 Å². The SMILES string of the molecule is CCCCCCCCCCCCPCCC(NCc1ccccc1)(NCc1ccccc1)NCc1ccccc1. The number of benzene rings is 3. The minimum Gasteiger partial charge on any atom is -0.283 e. The maximum absolute atomic E-state index is 3.92. The summed E-state index contributed by atoms with van der Waals surface area (Å²) in [6.07, 6.45) is 17.8. The maximum atomic E-state index is 3.92. The molecule has 3 rings (SSSR count). The van der Waals surface area contributed by atoms with E-state index in [1.54, 1.807) is 0 Å². The molecule has 3 aromatic carbocycles. The lowest BCUT2D eigenvalue weighted by molar-refractivity contribution is 0.183. The third kappa shape index (κ3) is 14.0. The normalized spacial score (nSPS) is 11.9. The third-order valence-electron chi connectivity index (χ3n) is 7.70. The lowest BCUT2D eigenvalue weighted by Gasteiger charge is -2.38. The molecule has 0 aliphatic carbocycles. The molecule has 0 aliphatic heterocycles. The molecule has 0 spiro atoms. The van der Waals surface area contributed by atoms with E-state index in [0.717, 1.165) is 34.6 Å². The van der Waals surface area contributed by atoms with E-state index in [-0.39, 0.29) is 5.79 Å². The molecule has 0 saturated carbocycles. The topological polar surface area (TPSA) is 36.1 Å². The van der Waals surface area contributed by atoms with Crippen LogP contribution in [0.15, 0.2) is 91.0 Å². The van der Waals surface area contributed by atoms with Gasteiger partial charge in [-0.1, -0.05) is 156 Å².